The Balaban J connectivity index is 2.41. The van der Waals surface area contributed by atoms with Crippen molar-refractivity contribution in [2.75, 3.05) is 19.6 Å². The van der Waals surface area contributed by atoms with E-state index in [0.29, 0.717) is 12.6 Å². The van der Waals surface area contributed by atoms with Gasteiger partial charge in [0.2, 0.25) is 5.91 Å². The van der Waals surface area contributed by atoms with E-state index in [1.54, 1.807) is 11.0 Å². The number of likely N-dealkylation sites (N-methyl/N-ethyl adjacent to an activating group) is 1. The Morgan fingerprint density at radius 3 is 2.56 bits per heavy atom. The normalized spacial score (nSPS) is 14.5. The average Bonchev–Trinajstić information content (AvgIpc) is 2.90. The molecule has 1 heterocycles. The summed E-state index contributed by atoms with van der Waals surface area (Å²) in [5.41, 5.74) is 0. The van der Waals surface area contributed by atoms with E-state index in [1.807, 2.05) is 6.92 Å². The van der Waals surface area contributed by atoms with Crippen molar-refractivity contribution in [3.05, 3.63) is 12.7 Å². The molecule has 1 aromatic rings. The lowest BCUT2D eigenvalue weighted by molar-refractivity contribution is -0.124. The molecule has 0 unspecified atom stereocenters. The molecular formula is C12H23N5O. The summed E-state index contributed by atoms with van der Waals surface area (Å²) in [4.78, 5) is 18.1. The number of hydrogen-bond acceptors (Lipinski definition) is 4. The van der Waals surface area contributed by atoms with Crippen LogP contribution in [0.1, 0.15) is 33.7 Å². The van der Waals surface area contributed by atoms with Crippen LogP contribution in [-0.2, 0) is 4.79 Å². The highest BCUT2D eigenvalue weighted by Crippen LogP contribution is 2.02. The molecule has 6 nitrogen and oxygen atoms in total. The minimum absolute atomic E-state index is 0.0282. The summed E-state index contributed by atoms with van der Waals surface area (Å²) < 4.78 is 1.55. The van der Waals surface area contributed by atoms with E-state index in [-0.39, 0.29) is 11.9 Å². The summed E-state index contributed by atoms with van der Waals surface area (Å²) in [6.45, 7) is 10.8. The smallest absolute Gasteiger partial charge is 0.244 e. The van der Waals surface area contributed by atoms with E-state index >= 15 is 0 Å². The first kappa shape index (κ1) is 14.6. The molecule has 6 heteroatoms. The molecule has 1 rings (SSSR count). The van der Waals surface area contributed by atoms with Crippen molar-refractivity contribution in [2.45, 2.75) is 39.8 Å². The number of carbonyl (C=O) groups is 1. The maximum atomic E-state index is 11.9. The van der Waals surface area contributed by atoms with Gasteiger partial charge in [0.1, 0.15) is 18.7 Å². The fraction of sp³-hybridized carbons (Fsp3) is 0.750. The highest BCUT2D eigenvalue weighted by atomic mass is 16.2. The average molecular weight is 253 g/mol. The van der Waals surface area contributed by atoms with Gasteiger partial charge in [0.25, 0.3) is 0 Å². The first-order chi connectivity index (χ1) is 8.60. The van der Waals surface area contributed by atoms with Crippen LogP contribution in [0.15, 0.2) is 12.7 Å². The van der Waals surface area contributed by atoms with Gasteiger partial charge in [-0.05, 0) is 26.9 Å². The SMILES string of the molecule is CCN(CC)[C@H](C)CNC(=O)[C@@H](C)n1cncn1. The lowest BCUT2D eigenvalue weighted by atomic mass is 10.2. The second-order valence-corrected chi connectivity index (χ2v) is 4.37. The molecule has 0 saturated heterocycles. The van der Waals surface area contributed by atoms with Crippen molar-refractivity contribution >= 4 is 5.91 Å². The zero-order valence-electron chi connectivity index (χ0n) is 11.6. The van der Waals surface area contributed by atoms with Gasteiger partial charge in [-0.25, -0.2) is 9.67 Å². The fourth-order valence-corrected chi connectivity index (χ4v) is 1.91. The lowest BCUT2D eigenvalue weighted by Gasteiger charge is -2.26. The molecular weight excluding hydrogens is 230 g/mol. The van der Waals surface area contributed by atoms with Crippen molar-refractivity contribution in [3.63, 3.8) is 0 Å². The van der Waals surface area contributed by atoms with Gasteiger partial charge in [0.05, 0.1) is 0 Å². The molecule has 0 aliphatic rings. The molecule has 2 atom stereocenters. The van der Waals surface area contributed by atoms with Crippen molar-refractivity contribution in [3.8, 4) is 0 Å². The molecule has 0 spiro atoms. The van der Waals surface area contributed by atoms with E-state index in [9.17, 15) is 4.79 Å². The third-order valence-electron chi connectivity index (χ3n) is 3.22. The monoisotopic (exact) mass is 253 g/mol. The topological polar surface area (TPSA) is 63.1 Å². The van der Waals surface area contributed by atoms with E-state index in [2.05, 4.69) is 41.1 Å². The Morgan fingerprint density at radius 1 is 1.39 bits per heavy atom. The van der Waals surface area contributed by atoms with Crippen molar-refractivity contribution in [1.29, 1.82) is 0 Å². The van der Waals surface area contributed by atoms with Crippen LogP contribution in [0.3, 0.4) is 0 Å². The van der Waals surface area contributed by atoms with Gasteiger partial charge in [-0.2, -0.15) is 5.10 Å². The summed E-state index contributed by atoms with van der Waals surface area (Å²) in [7, 11) is 0. The van der Waals surface area contributed by atoms with Gasteiger partial charge < -0.3 is 5.32 Å². The number of hydrogen-bond donors (Lipinski definition) is 1. The molecule has 0 aromatic carbocycles. The highest BCUT2D eigenvalue weighted by Gasteiger charge is 2.17. The van der Waals surface area contributed by atoms with E-state index in [1.165, 1.54) is 6.33 Å². The standard InChI is InChI=1S/C12H23N5O/c1-5-16(6-2)10(3)7-14-12(18)11(4)17-9-13-8-15-17/h8-11H,5-7H2,1-4H3,(H,14,18)/t10-,11-/m1/s1. The highest BCUT2D eigenvalue weighted by molar-refractivity contribution is 5.79. The van der Waals surface area contributed by atoms with Gasteiger partial charge in [-0.1, -0.05) is 13.8 Å². The summed E-state index contributed by atoms with van der Waals surface area (Å²) in [5.74, 6) is -0.0282. The number of amides is 1. The molecule has 0 fully saturated rings. The Hall–Kier alpha value is -1.43. The van der Waals surface area contributed by atoms with Gasteiger partial charge in [0, 0.05) is 12.6 Å². The van der Waals surface area contributed by atoms with Crippen LogP contribution >= 0.6 is 0 Å². The predicted molar refractivity (Wildman–Crippen MR) is 70.1 cm³/mol. The number of rotatable bonds is 7. The second kappa shape index (κ2) is 7.10. The van der Waals surface area contributed by atoms with E-state index in [0.717, 1.165) is 13.1 Å². The summed E-state index contributed by atoms with van der Waals surface area (Å²) in [6, 6.07) is 0.0169. The van der Waals surface area contributed by atoms with E-state index in [4.69, 9.17) is 0 Å². The van der Waals surface area contributed by atoms with Crippen LogP contribution in [0.5, 0.6) is 0 Å². The van der Waals surface area contributed by atoms with Crippen LogP contribution in [0.25, 0.3) is 0 Å². The number of nitrogens with zero attached hydrogens (tertiary/aromatic N) is 4. The maximum Gasteiger partial charge on any atom is 0.244 e. The Bertz CT molecular complexity index is 347. The summed E-state index contributed by atoms with van der Waals surface area (Å²) in [6.07, 6.45) is 2.99. The maximum absolute atomic E-state index is 11.9. The molecule has 0 saturated carbocycles. The largest absolute Gasteiger partial charge is 0.353 e. The van der Waals surface area contributed by atoms with Crippen molar-refractivity contribution in [1.82, 2.24) is 25.0 Å². The molecule has 0 bridgehead atoms. The third-order valence-corrected chi connectivity index (χ3v) is 3.22. The molecule has 0 aliphatic carbocycles. The summed E-state index contributed by atoms with van der Waals surface area (Å²) in [5, 5.41) is 6.92. The Morgan fingerprint density at radius 2 is 2.06 bits per heavy atom. The zero-order chi connectivity index (χ0) is 13.5. The molecule has 1 N–H and O–H groups in total. The molecule has 18 heavy (non-hydrogen) atoms. The predicted octanol–water partition coefficient (Wildman–Crippen LogP) is 0.686. The van der Waals surface area contributed by atoms with Crippen LogP contribution in [-0.4, -0.2) is 51.2 Å². The van der Waals surface area contributed by atoms with Crippen LogP contribution in [0.4, 0.5) is 0 Å². The fourth-order valence-electron chi connectivity index (χ4n) is 1.91. The molecule has 1 aromatic heterocycles. The van der Waals surface area contributed by atoms with Gasteiger partial charge in [0.15, 0.2) is 0 Å². The Kier molecular flexibility index (Phi) is 5.77. The van der Waals surface area contributed by atoms with Crippen molar-refractivity contribution in [2.24, 2.45) is 0 Å². The number of carbonyl (C=O) groups excluding carboxylic acids is 1. The minimum atomic E-state index is -0.323. The van der Waals surface area contributed by atoms with E-state index < -0.39 is 0 Å². The van der Waals surface area contributed by atoms with Gasteiger partial charge >= 0.3 is 0 Å². The summed E-state index contributed by atoms with van der Waals surface area (Å²) >= 11 is 0. The quantitative estimate of drug-likeness (QED) is 0.776. The molecule has 1 amide bonds. The molecule has 0 radical (unpaired) electrons. The van der Waals surface area contributed by atoms with Crippen molar-refractivity contribution < 1.29 is 4.79 Å². The van der Waals surface area contributed by atoms with Gasteiger partial charge in [-0.3, -0.25) is 9.69 Å². The molecule has 102 valence electrons. The van der Waals surface area contributed by atoms with Crippen LogP contribution < -0.4 is 5.32 Å². The second-order valence-electron chi connectivity index (χ2n) is 4.37. The van der Waals surface area contributed by atoms with Crippen LogP contribution in [0.2, 0.25) is 0 Å². The minimum Gasteiger partial charge on any atom is -0.353 e. The molecule has 0 aliphatic heterocycles. The Labute approximate surface area is 108 Å². The lowest BCUT2D eigenvalue weighted by Crippen LogP contribution is -2.43. The first-order valence-electron chi connectivity index (χ1n) is 6.46. The number of nitrogens with one attached hydrogen (secondary N) is 1. The third kappa shape index (κ3) is 3.80. The zero-order valence-corrected chi connectivity index (χ0v) is 11.6. The van der Waals surface area contributed by atoms with Crippen LogP contribution in [0, 0.1) is 0 Å². The number of aromatic nitrogens is 3. The first-order valence-corrected chi connectivity index (χ1v) is 6.46. The van der Waals surface area contributed by atoms with Gasteiger partial charge in [-0.15, -0.1) is 0 Å².